The first-order valence-corrected chi connectivity index (χ1v) is 17.7. The van der Waals surface area contributed by atoms with Crippen molar-refractivity contribution in [1.82, 2.24) is 20.1 Å². The summed E-state index contributed by atoms with van der Waals surface area (Å²) in [4.78, 5) is 47.4. The maximum atomic E-state index is 13.9. The predicted molar refractivity (Wildman–Crippen MR) is 174 cm³/mol. The zero-order valence-electron chi connectivity index (χ0n) is 26.0. The highest BCUT2D eigenvalue weighted by Gasteiger charge is 2.32. The van der Waals surface area contributed by atoms with Gasteiger partial charge in [0.25, 0.3) is 5.91 Å². The third-order valence-electron chi connectivity index (χ3n) is 7.22. The number of aromatic nitrogens is 1. The second-order valence-electron chi connectivity index (χ2n) is 10.4. The smallest absolute Gasteiger partial charge is 0.409 e. The molecule has 1 aliphatic heterocycles. The SMILES string of the molecule is CCCCOC(=O)N1CCN(C(=O)C(Cc2ccc(P(=O)(OCC)OCC)cc2)NC(=O)c2csc(-c3ccccc3)n2)CC1. The summed E-state index contributed by atoms with van der Waals surface area (Å²) in [7, 11) is -3.47. The van der Waals surface area contributed by atoms with Crippen molar-refractivity contribution in [1.29, 1.82) is 0 Å². The van der Waals surface area contributed by atoms with Gasteiger partial charge in [-0.2, -0.15) is 0 Å². The number of nitrogens with zero attached hydrogens (tertiary/aromatic N) is 3. The molecule has 0 saturated carbocycles. The molecule has 2 aromatic carbocycles. The van der Waals surface area contributed by atoms with Gasteiger partial charge in [0.05, 0.1) is 25.1 Å². The number of rotatable bonds is 14. The Morgan fingerprint density at radius 2 is 1.58 bits per heavy atom. The number of piperazine rings is 1. The van der Waals surface area contributed by atoms with Gasteiger partial charge in [0.2, 0.25) is 5.91 Å². The number of carbonyl (C=O) groups is 3. The lowest BCUT2D eigenvalue weighted by Crippen LogP contribution is -2.56. The molecule has 1 aromatic heterocycles. The number of unbranched alkanes of at least 4 members (excludes halogenated alkanes) is 1. The molecule has 0 aliphatic carbocycles. The Morgan fingerprint density at radius 1 is 0.933 bits per heavy atom. The van der Waals surface area contributed by atoms with Gasteiger partial charge in [0.1, 0.15) is 16.7 Å². The van der Waals surface area contributed by atoms with Crippen LogP contribution in [0.4, 0.5) is 4.79 Å². The zero-order chi connectivity index (χ0) is 32.2. The normalized spacial score (nSPS) is 14.2. The molecule has 1 aliphatic rings. The lowest BCUT2D eigenvalue weighted by molar-refractivity contribution is -0.134. The molecule has 0 radical (unpaired) electrons. The molecule has 1 unspecified atom stereocenters. The summed E-state index contributed by atoms with van der Waals surface area (Å²) < 4.78 is 29.5. The van der Waals surface area contributed by atoms with Gasteiger partial charge in [0.15, 0.2) is 0 Å². The second kappa shape index (κ2) is 16.7. The first-order chi connectivity index (χ1) is 21.8. The van der Waals surface area contributed by atoms with E-state index in [1.165, 1.54) is 11.3 Å². The fourth-order valence-corrected chi connectivity index (χ4v) is 7.20. The fraction of sp³-hybridized carbons (Fsp3) is 0.438. The molecule has 2 heterocycles. The van der Waals surface area contributed by atoms with Gasteiger partial charge >= 0.3 is 13.7 Å². The van der Waals surface area contributed by atoms with E-state index in [9.17, 15) is 18.9 Å². The van der Waals surface area contributed by atoms with Crippen molar-refractivity contribution in [2.24, 2.45) is 0 Å². The van der Waals surface area contributed by atoms with E-state index in [-0.39, 0.29) is 37.3 Å². The number of hydrogen-bond acceptors (Lipinski definition) is 9. The van der Waals surface area contributed by atoms with Crippen LogP contribution >= 0.6 is 18.9 Å². The van der Waals surface area contributed by atoms with Crippen molar-refractivity contribution >= 4 is 42.1 Å². The fourth-order valence-electron chi connectivity index (χ4n) is 4.83. The maximum Gasteiger partial charge on any atom is 0.409 e. The van der Waals surface area contributed by atoms with Gasteiger partial charge < -0.3 is 28.9 Å². The second-order valence-corrected chi connectivity index (χ2v) is 13.3. The number of carbonyl (C=O) groups excluding carboxylic acids is 3. The van der Waals surface area contributed by atoms with Crippen molar-refractivity contribution < 1.29 is 32.7 Å². The third kappa shape index (κ3) is 9.23. The standard InChI is InChI=1S/C32H41N4O7PS/c1-4-7-21-41-32(39)36-19-17-35(18-20-36)31(38)27(22-24-13-15-26(16-14-24)44(40,42-5-2)43-6-3)33-29(37)28-23-45-30(34-28)25-11-9-8-10-12-25/h8-16,23,27H,4-7,17-22H2,1-3H3,(H,33,37). The van der Waals surface area contributed by atoms with Gasteiger partial charge in [-0.1, -0.05) is 55.8 Å². The molecular weight excluding hydrogens is 615 g/mol. The van der Waals surface area contributed by atoms with Gasteiger partial charge in [-0.25, -0.2) is 9.78 Å². The highest BCUT2D eigenvalue weighted by molar-refractivity contribution is 7.62. The van der Waals surface area contributed by atoms with Crippen LogP contribution in [0.15, 0.2) is 60.0 Å². The number of thiazole rings is 1. The van der Waals surface area contributed by atoms with E-state index in [1.54, 1.807) is 53.3 Å². The van der Waals surface area contributed by atoms with Crippen LogP contribution in [-0.4, -0.2) is 84.7 Å². The molecule has 1 atom stereocenters. The van der Waals surface area contributed by atoms with Crippen molar-refractivity contribution in [3.63, 3.8) is 0 Å². The van der Waals surface area contributed by atoms with Crippen LogP contribution in [-0.2, 0) is 29.6 Å². The van der Waals surface area contributed by atoms with Gasteiger partial charge in [0, 0.05) is 43.5 Å². The maximum absolute atomic E-state index is 13.9. The molecule has 11 nitrogen and oxygen atoms in total. The van der Waals surface area contributed by atoms with E-state index in [4.69, 9.17) is 13.8 Å². The topological polar surface area (TPSA) is 127 Å². The first kappa shape index (κ1) is 34.3. The molecular formula is C32H41N4O7PS. The van der Waals surface area contributed by atoms with E-state index in [1.807, 2.05) is 37.3 Å². The average Bonchev–Trinajstić information content (AvgIpc) is 3.56. The van der Waals surface area contributed by atoms with Crippen molar-refractivity contribution in [3.8, 4) is 10.6 Å². The summed E-state index contributed by atoms with van der Waals surface area (Å²) in [6, 6.07) is 15.5. The van der Waals surface area contributed by atoms with E-state index < -0.39 is 19.5 Å². The number of benzene rings is 2. The Balaban J connectivity index is 1.50. The van der Waals surface area contributed by atoms with Gasteiger partial charge in [-0.15, -0.1) is 11.3 Å². The lowest BCUT2D eigenvalue weighted by atomic mass is 10.0. The highest BCUT2D eigenvalue weighted by atomic mass is 32.1. The number of amides is 3. The van der Waals surface area contributed by atoms with Crippen LogP contribution < -0.4 is 10.6 Å². The monoisotopic (exact) mass is 656 g/mol. The Kier molecular flexibility index (Phi) is 12.7. The lowest BCUT2D eigenvalue weighted by Gasteiger charge is -2.36. The molecule has 0 spiro atoms. The Bertz CT molecular complexity index is 1450. The summed E-state index contributed by atoms with van der Waals surface area (Å²) in [6.45, 7) is 7.65. The minimum atomic E-state index is -3.47. The van der Waals surface area contributed by atoms with E-state index in [2.05, 4.69) is 10.3 Å². The van der Waals surface area contributed by atoms with Gasteiger partial charge in [-0.3, -0.25) is 14.2 Å². The first-order valence-electron chi connectivity index (χ1n) is 15.3. The highest BCUT2D eigenvalue weighted by Crippen LogP contribution is 2.46. The van der Waals surface area contributed by atoms with E-state index in [0.29, 0.717) is 43.1 Å². The number of nitrogens with one attached hydrogen (secondary N) is 1. The zero-order valence-corrected chi connectivity index (χ0v) is 27.7. The molecule has 3 amide bonds. The van der Waals surface area contributed by atoms with Crippen molar-refractivity contribution in [2.45, 2.75) is 46.1 Å². The summed E-state index contributed by atoms with van der Waals surface area (Å²) in [6.07, 6.45) is 1.54. The Labute approximate surface area is 268 Å². The van der Waals surface area contributed by atoms with Crippen LogP contribution in [0.5, 0.6) is 0 Å². The molecule has 1 N–H and O–H groups in total. The third-order valence-corrected chi connectivity index (χ3v) is 10.2. The van der Waals surface area contributed by atoms with Crippen LogP contribution in [0.25, 0.3) is 10.6 Å². The summed E-state index contributed by atoms with van der Waals surface area (Å²) >= 11 is 1.35. The average molecular weight is 657 g/mol. The quantitative estimate of drug-likeness (QED) is 0.187. The predicted octanol–water partition coefficient (Wildman–Crippen LogP) is 5.12. The molecule has 242 valence electrons. The molecule has 45 heavy (non-hydrogen) atoms. The molecule has 1 saturated heterocycles. The van der Waals surface area contributed by atoms with Crippen molar-refractivity contribution in [3.05, 3.63) is 71.2 Å². The van der Waals surface area contributed by atoms with Crippen LogP contribution in [0.1, 0.15) is 49.7 Å². The minimum absolute atomic E-state index is 0.188. The van der Waals surface area contributed by atoms with Gasteiger partial charge in [-0.05, 0) is 38.0 Å². The van der Waals surface area contributed by atoms with E-state index >= 15 is 0 Å². The number of ether oxygens (including phenoxy) is 1. The minimum Gasteiger partial charge on any atom is -0.449 e. The molecule has 0 bridgehead atoms. The van der Waals surface area contributed by atoms with Crippen LogP contribution in [0, 0.1) is 0 Å². The largest absolute Gasteiger partial charge is 0.449 e. The van der Waals surface area contributed by atoms with Crippen LogP contribution in [0.2, 0.25) is 0 Å². The molecule has 1 fully saturated rings. The van der Waals surface area contributed by atoms with Crippen LogP contribution in [0.3, 0.4) is 0 Å². The Hall–Kier alpha value is -3.57. The summed E-state index contributed by atoms with van der Waals surface area (Å²) in [5, 5.41) is 5.70. The van der Waals surface area contributed by atoms with Crippen molar-refractivity contribution in [2.75, 3.05) is 46.0 Å². The molecule has 4 rings (SSSR count). The molecule has 3 aromatic rings. The number of hydrogen-bond donors (Lipinski definition) is 1. The summed E-state index contributed by atoms with van der Waals surface area (Å²) in [5.74, 6) is -0.724. The van der Waals surface area contributed by atoms with E-state index in [0.717, 1.165) is 24.0 Å². The Morgan fingerprint density at radius 3 is 2.20 bits per heavy atom. The summed E-state index contributed by atoms with van der Waals surface area (Å²) in [5.41, 5.74) is 1.87. The molecule has 13 heteroatoms.